The number of benzene rings is 2. The van der Waals surface area contributed by atoms with E-state index in [4.69, 9.17) is 4.74 Å². The van der Waals surface area contributed by atoms with Crippen molar-refractivity contribution >= 4 is 6.03 Å². The summed E-state index contributed by atoms with van der Waals surface area (Å²) in [5.74, 6) is 0.922. The van der Waals surface area contributed by atoms with Crippen LogP contribution >= 0.6 is 0 Å². The number of para-hydroxylation sites is 1. The molecule has 4 heteroatoms. The number of hydrogen-bond acceptors (Lipinski definition) is 2. The van der Waals surface area contributed by atoms with Gasteiger partial charge in [0.1, 0.15) is 12.4 Å². The maximum absolute atomic E-state index is 12.3. The Kier molecular flexibility index (Phi) is 4.28. The van der Waals surface area contributed by atoms with Crippen molar-refractivity contribution in [3.8, 4) is 5.75 Å². The fourth-order valence-electron chi connectivity index (χ4n) is 2.63. The van der Waals surface area contributed by atoms with E-state index in [2.05, 4.69) is 5.32 Å². The number of ether oxygens (including phenoxy) is 1. The topological polar surface area (TPSA) is 41.6 Å². The second-order valence-electron chi connectivity index (χ2n) is 5.61. The third-order valence-corrected chi connectivity index (χ3v) is 3.82. The van der Waals surface area contributed by atoms with E-state index in [9.17, 15) is 4.79 Å². The highest BCUT2D eigenvalue weighted by Crippen LogP contribution is 2.23. The van der Waals surface area contributed by atoms with E-state index in [0.717, 1.165) is 23.3 Å². The van der Waals surface area contributed by atoms with E-state index in [1.807, 2.05) is 54.6 Å². The van der Waals surface area contributed by atoms with Crippen LogP contribution in [0.15, 0.2) is 54.6 Å². The lowest BCUT2D eigenvalue weighted by Gasteiger charge is -2.28. The van der Waals surface area contributed by atoms with E-state index < -0.39 is 0 Å². The van der Waals surface area contributed by atoms with Crippen molar-refractivity contribution in [1.29, 1.82) is 0 Å². The van der Waals surface area contributed by atoms with Crippen LogP contribution < -0.4 is 10.1 Å². The standard InChI is InChI=1S/C18H20N2O2/c1-20(12-14-7-3-2-4-8-14)18(21)19-16-11-15-9-5-6-10-17(15)22-13-16/h2-10,16H,11-13H2,1H3,(H,19,21). The molecular formula is C18H20N2O2. The minimum Gasteiger partial charge on any atom is -0.491 e. The lowest BCUT2D eigenvalue weighted by molar-refractivity contribution is 0.188. The van der Waals surface area contributed by atoms with Crippen LogP contribution in [0.3, 0.4) is 0 Å². The van der Waals surface area contributed by atoms with Gasteiger partial charge in [0.05, 0.1) is 6.04 Å². The SMILES string of the molecule is CN(Cc1ccccc1)C(=O)NC1COc2ccccc2C1. The second kappa shape index (κ2) is 6.52. The van der Waals surface area contributed by atoms with Crippen LogP contribution in [0.5, 0.6) is 5.75 Å². The molecule has 2 aromatic rings. The van der Waals surface area contributed by atoms with Crippen molar-refractivity contribution in [1.82, 2.24) is 10.2 Å². The Morgan fingerprint density at radius 1 is 1.18 bits per heavy atom. The normalized spacial score (nSPS) is 16.3. The Morgan fingerprint density at radius 3 is 2.73 bits per heavy atom. The van der Waals surface area contributed by atoms with Gasteiger partial charge in [0.25, 0.3) is 0 Å². The average Bonchev–Trinajstić information content (AvgIpc) is 2.55. The first kappa shape index (κ1) is 14.4. The highest BCUT2D eigenvalue weighted by Gasteiger charge is 2.22. The molecule has 0 radical (unpaired) electrons. The van der Waals surface area contributed by atoms with Crippen molar-refractivity contribution in [3.05, 3.63) is 65.7 Å². The van der Waals surface area contributed by atoms with Gasteiger partial charge in [-0.2, -0.15) is 0 Å². The van der Waals surface area contributed by atoms with Crippen molar-refractivity contribution in [3.63, 3.8) is 0 Å². The summed E-state index contributed by atoms with van der Waals surface area (Å²) in [6.07, 6.45) is 0.807. The van der Waals surface area contributed by atoms with Crippen molar-refractivity contribution < 1.29 is 9.53 Å². The summed E-state index contributed by atoms with van der Waals surface area (Å²) >= 11 is 0. The fourth-order valence-corrected chi connectivity index (χ4v) is 2.63. The molecule has 1 unspecified atom stereocenters. The van der Waals surface area contributed by atoms with E-state index in [1.165, 1.54) is 0 Å². The summed E-state index contributed by atoms with van der Waals surface area (Å²) in [7, 11) is 1.81. The Hall–Kier alpha value is -2.49. The first-order chi connectivity index (χ1) is 10.7. The number of nitrogens with zero attached hydrogens (tertiary/aromatic N) is 1. The van der Waals surface area contributed by atoms with Gasteiger partial charge in [0.15, 0.2) is 0 Å². The van der Waals surface area contributed by atoms with Gasteiger partial charge >= 0.3 is 6.03 Å². The molecule has 22 heavy (non-hydrogen) atoms. The zero-order valence-corrected chi connectivity index (χ0v) is 12.7. The lowest BCUT2D eigenvalue weighted by Crippen LogP contribution is -2.47. The smallest absolute Gasteiger partial charge is 0.317 e. The molecule has 114 valence electrons. The molecule has 0 fully saturated rings. The number of fused-ring (bicyclic) bond motifs is 1. The summed E-state index contributed by atoms with van der Waals surface area (Å²) in [6, 6.07) is 17.9. The number of rotatable bonds is 3. The first-order valence-corrected chi connectivity index (χ1v) is 7.48. The van der Waals surface area contributed by atoms with Gasteiger partial charge in [0, 0.05) is 13.6 Å². The van der Waals surface area contributed by atoms with Crippen LogP contribution in [0, 0.1) is 0 Å². The second-order valence-corrected chi connectivity index (χ2v) is 5.61. The monoisotopic (exact) mass is 296 g/mol. The summed E-state index contributed by atoms with van der Waals surface area (Å²) in [5.41, 5.74) is 2.26. The molecule has 1 heterocycles. The fraction of sp³-hybridized carbons (Fsp3) is 0.278. The number of urea groups is 1. The van der Waals surface area contributed by atoms with E-state index in [1.54, 1.807) is 11.9 Å². The Bertz CT molecular complexity index is 643. The third kappa shape index (κ3) is 3.39. The number of carbonyl (C=O) groups excluding carboxylic acids is 1. The number of hydrogen-bond donors (Lipinski definition) is 1. The molecule has 0 bridgehead atoms. The zero-order valence-electron chi connectivity index (χ0n) is 12.7. The van der Waals surface area contributed by atoms with Gasteiger partial charge < -0.3 is 15.0 Å². The molecule has 1 aliphatic rings. The average molecular weight is 296 g/mol. The number of carbonyl (C=O) groups is 1. The third-order valence-electron chi connectivity index (χ3n) is 3.82. The highest BCUT2D eigenvalue weighted by molar-refractivity contribution is 5.74. The van der Waals surface area contributed by atoms with Crippen LogP contribution in [0.2, 0.25) is 0 Å². The van der Waals surface area contributed by atoms with Gasteiger partial charge in [-0.1, -0.05) is 48.5 Å². The summed E-state index contributed by atoms with van der Waals surface area (Å²) in [5, 5.41) is 3.04. The van der Waals surface area contributed by atoms with E-state index in [-0.39, 0.29) is 12.1 Å². The molecule has 1 N–H and O–H groups in total. The Balaban J connectivity index is 1.56. The first-order valence-electron chi connectivity index (χ1n) is 7.48. The van der Waals surface area contributed by atoms with Crippen molar-refractivity contribution in [2.24, 2.45) is 0 Å². The predicted molar refractivity (Wildman–Crippen MR) is 85.9 cm³/mol. The van der Waals surface area contributed by atoms with Crippen molar-refractivity contribution in [2.45, 2.75) is 19.0 Å². The van der Waals surface area contributed by atoms with Crippen LogP contribution in [0.25, 0.3) is 0 Å². The number of nitrogens with one attached hydrogen (secondary N) is 1. The molecule has 0 saturated carbocycles. The maximum atomic E-state index is 12.3. The van der Waals surface area contributed by atoms with Gasteiger partial charge in [0.2, 0.25) is 0 Å². The molecule has 2 amide bonds. The van der Waals surface area contributed by atoms with Gasteiger partial charge in [-0.3, -0.25) is 0 Å². The molecule has 0 aliphatic carbocycles. The zero-order chi connectivity index (χ0) is 15.4. The van der Waals surface area contributed by atoms with Crippen molar-refractivity contribution in [2.75, 3.05) is 13.7 Å². The van der Waals surface area contributed by atoms with E-state index >= 15 is 0 Å². The molecular weight excluding hydrogens is 276 g/mol. The van der Waals surface area contributed by atoms with Crippen LogP contribution in [-0.4, -0.2) is 30.6 Å². The molecule has 1 atom stereocenters. The van der Waals surface area contributed by atoms with Crippen LogP contribution in [0.4, 0.5) is 4.79 Å². The lowest BCUT2D eigenvalue weighted by atomic mass is 10.0. The maximum Gasteiger partial charge on any atom is 0.317 e. The van der Waals surface area contributed by atoms with E-state index in [0.29, 0.717) is 13.2 Å². The minimum atomic E-state index is -0.0724. The van der Waals surface area contributed by atoms with Gasteiger partial charge in [-0.15, -0.1) is 0 Å². The Labute approximate surface area is 130 Å². The summed E-state index contributed by atoms with van der Waals surface area (Å²) in [6.45, 7) is 1.11. The summed E-state index contributed by atoms with van der Waals surface area (Å²) < 4.78 is 5.70. The largest absolute Gasteiger partial charge is 0.491 e. The molecule has 4 nitrogen and oxygen atoms in total. The molecule has 0 aromatic heterocycles. The molecule has 3 rings (SSSR count). The molecule has 2 aromatic carbocycles. The quantitative estimate of drug-likeness (QED) is 0.946. The molecule has 0 spiro atoms. The van der Waals surface area contributed by atoms with Crippen LogP contribution in [-0.2, 0) is 13.0 Å². The predicted octanol–water partition coefficient (Wildman–Crippen LogP) is 2.83. The van der Waals surface area contributed by atoms with Gasteiger partial charge in [-0.05, 0) is 23.6 Å². The van der Waals surface area contributed by atoms with Gasteiger partial charge in [-0.25, -0.2) is 4.79 Å². The van der Waals surface area contributed by atoms with Crippen LogP contribution in [0.1, 0.15) is 11.1 Å². The molecule has 0 saturated heterocycles. The highest BCUT2D eigenvalue weighted by atomic mass is 16.5. The summed E-state index contributed by atoms with van der Waals surface area (Å²) in [4.78, 5) is 14.0. The molecule has 1 aliphatic heterocycles. The minimum absolute atomic E-state index is 0.0145. The Morgan fingerprint density at radius 2 is 1.91 bits per heavy atom. The number of amides is 2.